The topological polar surface area (TPSA) is 134 Å². The highest BCUT2D eigenvalue weighted by atomic mass is 35.5. The van der Waals surface area contributed by atoms with Gasteiger partial charge in [0.25, 0.3) is 11.6 Å². The van der Waals surface area contributed by atoms with E-state index in [-0.39, 0.29) is 17.8 Å². The Bertz CT molecular complexity index is 1080. The van der Waals surface area contributed by atoms with E-state index in [9.17, 15) is 25.0 Å². The Labute approximate surface area is 189 Å². The van der Waals surface area contributed by atoms with Gasteiger partial charge in [0, 0.05) is 29.4 Å². The Morgan fingerprint density at radius 1 is 1.22 bits per heavy atom. The van der Waals surface area contributed by atoms with Crippen molar-refractivity contribution >= 4 is 34.9 Å². The van der Waals surface area contributed by atoms with Crippen molar-refractivity contribution in [2.24, 2.45) is 0 Å². The van der Waals surface area contributed by atoms with Crippen molar-refractivity contribution in [1.82, 2.24) is 5.32 Å². The van der Waals surface area contributed by atoms with Crippen molar-refractivity contribution in [3.8, 4) is 6.07 Å². The number of nitriles is 1. The molecule has 0 aromatic heterocycles. The maximum atomic E-state index is 12.7. The third-order valence-electron chi connectivity index (χ3n) is 5.25. The largest absolute Gasteiger partial charge is 0.452 e. The van der Waals surface area contributed by atoms with Crippen molar-refractivity contribution in [2.75, 3.05) is 11.9 Å². The number of benzene rings is 2. The number of esters is 1. The average Bonchev–Trinajstić information content (AvgIpc) is 3.25. The molecule has 10 heteroatoms. The first kappa shape index (κ1) is 23.0. The Hall–Kier alpha value is -3.64. The number of nitrogens with one attached hydrogen (secondary N) is 2. The second kappa shape index (κ2) is 10.1. The molecule has 9 nitrogen and oxygen atoms in total. The maximum absolute atomic E-state index is 12.7. The molecule has 1 saturated carbocycles. The number of amides is 1. The van der Waals surface area contributed by atoms with E-state index in [2.05, 4.69) is 16.7 Å². The van der Waals surface area contributed by atoms with Crippen LogP contribution in [0, 0.1) is 21.4 Å². The van der Waals surface area contributed by atoms with Gasteiger partial charge < -0.3 is 15.4 Å². The molecule has 0 unspecified atom stereocenters. The summed E-state index contributed by atoms with van der Waals surface area (Å²) in [4.78, 5) is 35.4. The first-order chi connectivity index (χ1) is 15.3. The minimum Gasteiger partial charge on any atom is -0.452 e. The molecule has 0 heterocycles. The molecule has 1 amide bonds. The summed E-state index contributed by atoms with van der Waals surface area (Å²) >= 11 is 6.15. The summed E-state index contributed by atoms with van der Waals surface area (Å²) < 4.78 is 5.09. The second-order valence-corrected chi connectivity index (χ2v) is 7.86. The molecule has 2 aromatic carbocycles. The number of non-ortho nitro benzene ring substituents is 1. The number of nitrogens with zero attached hydrogens (tertiary/aromatic N) is 2. The number of carbonyl (C=O) groups excluding carboxylic acids is 2. The third kappa shape index (κ3) is 5.53. The average molecular weight is 457 g/mol. The van der Waals surface area contributed by atoms with Crippen LogP contribution in [0.5, 0.6) is 0 Å². The van der Waals surface area contributed by atoms with E-state index >= 15 is 0 Å². The van der Waals surface area contributed by atoms with E-state index in [1.165, 1.54) is 12.1 Å². The Balaban J connectivity index is 1.71. The summed E-state index contributed by atoms with van der Waals surface area (Å²) in [6, 6.07) is 13.0. The quantitative estimate of drug-likeness (QED) is 0.348. The first-order valence-electron chi connectivity index (χ1n) is 9.99. The van der Waals surface area contributed by atoms with E-state index < -0.39 is 28.9 Å². The van der Waals surface area contributed by atoms with Crippen LogP contribution < -0.4 is 10.6 Å². The highest BCUT2D eigenvalue weighted by Crippen LogP contribution is 2.29. The van der Waals surface area contributed by atoms with Gasteiger partial charge in [0.1, 0.15) is 5.54 Å². The highest BCUT2D eigenvalue weighted by Gasteiger charge is 2.35. The van der Waals surface area contributed by atoms with Crippen molar-refractivity contribution in [3.05, 3.63) is 68.7 Å². The number of nitro groups is 1. The highest BCUT2D eigenvalue weighted by molar-refractivity contribution is 6.31. The minimum atomic E-state index is -0.934. The van der Waals surface area contributed by atoms with Crippen LogP contribution in [0.15, 0.2) is 42.5 Å². The van der Waals surface area contributed by atoms with Crippen molar-refractivity contribution < 1.29 is 19.2 Å². The summed E-state index contributed by atoms with van der Waals surface area (Å²) in [5, 5.41) is 26.7. The van der Waals surface area contributed by atoms with Crippen molar-refractivity contribution in [1.29, 1.82) is 5.26 Å². The molecule has 0 aliphatic heterocycles. The van der Waals surface area contributed by atoms with Gasteiger partial charge in [-0.15, -0.1) is 0 Å². The summed E-state index contributed by atoms with van der Waals surface area (Å²) in [5.74, 6) is -1.50. The summed E-state index contributed by atoms with van der Waals surface area (Å²) in [6.07, 6.45) is 2.76. The smallest absolute Gasteiger partial charge is 0.341 e. The zero-order valence-electron chi connectivity index (χ0n) is 17.1. The monoisotopic (exact) mass is 456 g/mol. The number of carbonyl (C=O) groups is 2. The molecule has 2 aromatic rings. The van der Waals surface area contributed by atoms with E-state index in [0.717, 1.165) is 24.5 Å². The number of halogens is 1. The fourth-order valence-corrected chi connectivity index (χ4v) is 3.76. The molecule has 1 aliphatic rings. The maximum Gasteiger partial charge on any atom is 0.341 e. The van der Waals surface area contributed by atoms with Crippen LogP contribution in [0.25, 0.3) is 0 Å². The lowest BCUT2D eigenvalue weighted by Crippen LogP contribution is -2.46. The molecule has 1 aliphatic carbocycles. The lowest BCUT2D eigenvalue weighted by molar-refractivity contribution is -0.384. The van der Waals surface area contributed by atoms with Gasteiger partial charge in [0.15, 0.2) is 6.61 Å². The fourth-order valence-electron chi connectivity index (χ4n) is 3.56. The summed E-state index contributed by atoms with van der Waals surface area (Å²) in [5.41, 5.74) is -0.250. The summed E-state index contributed by atoms with van der Waals surface area (Å²) in [6.45, 7) is -0.335. The zero-order chi connectivity index (χ0) is 23.1. The van der Waals surface area contributed by atoms with Crippen LogP contribution >= 0.6 is 11.6 Å². The number of hydrogen-bond donors (Lipinski definition) is 2. The van der Waals surface area contributed by atoms with E-state index in [1.54, 1.807) is 18.2 Å². The van der Waals surface area contributed by atoms with Gasteiger partial charge in [-0.2, -0.15) is 5.26 Å². The number of nitro benzene ring substituents is 1. The predicted octanol–water partition coefficient (Wildman–Crippen LogP) is 3.97. The van der Waals surface area contributed by atoms with Gasteiger partial charge in [-0.05, 0) is 43.4 Å². The molecule has 0 saturated heterocycles. The molecular weight excluding hydrogens is 436 g/mol. The van der Waals surface area contributed by atoms with Crippen LogP contribution in [-0.2, 0) is 16.1 Å². The zero-order valence-corrected chi connectivity index (χ0v) is 17.9. The molecule has 3 rings (SSSR count). The lowest BCUT2D eigenvalue weighted by atomic mass is 10.00. The molecule has 1 fully saturated rings. The van der Waals surface area contributed by atoms with Crippen molar-refractivity contribution in [3.63, 3.8) is 0 Å². The third-order valence-corrected chi connectivity index (χ3v) is 5.61. The lowest BCUT2D eigenvalue weighted by Gasteiger charge is -2.21. The number of hydrogen-bond acceptors (Lipinski definition) is 7. The van der Waals surface area contributed by atoms with Gasteiger partial charge in [0.05, 0.1) is 16.6 Å². The van der Waals surface area contributed by atoms with Crippen LogP contribution in [-0.4, -0.2) is 28.9 Å². The van der Waals surface area contributed by atoms with Gasteiger partial charge in [-0.3, -0.25) is 14.9 Å². The standard InChI is InChI=1S/C22H21ClN4O5/c23-18-6-2-1-5-15(18)12-25-19-8-7-16(27(30)31)11-17(19)21(29)32-13-20(28)26-22(14-24)9-3-4-10-22/h1-2,5-8,11,25H,3-4,9-10,12-13H2,(H,26,28). The minimum absolute atomic E-state index is 0.0880. The molecule has 0 radical (unpaired) electrons. The van der Waals surface area contributed by atoms with Gasteiger partial charge in [-0.1, -0.05) is 29.8 Å². The first-order valence-corrected chi connectivity index (χ1v) is 10.4. The van der Waals surface area contributed by atoms with E-state index in [0.29, 0.717) is 23.6 Å². The van der Waals surface area contributed by atoms with Gasteiger partial charge in [0.2, 0.25) is 0 Å². The molecule has 2 N–H and O–H groups in total. The number of rotatable bonds is 8. The molecule has 0 bridgehead atoms. The molecule has 166 valence electrons. The van der Waals surface area contributed by atoms with Crippen LogP contribution in [0.4, 0.5) is 11.4 Å². The molecule has 32 heavy (non-hydrogen) atoms. The Morgan fingerprint density at radius 2 is 1.94 bits per heavy atom. The summed E-state index contributed by atoms with van der Waals surface area (Å²) in [7, 11) is 0. The Kier molecular flexibility index (Phi) is 7.28. The van der Waals surface area contributed by atoms with E-state index in [4.69, 9.17) is 16.3 Å². The van der Waals surface area contributed by atoms with Crippen LogP contribution in [0.2, 0.25) is 5.02 Å². The van der Waals surface area contributed by atoms with Gasteiger partial charge in [-0.25, -0.2) is 4.79 Å². The normalized spacial score (nSPS) is 14.2. The second-order valence-electron chi connectivity index (χ2n) is 7.46. The molecular formula is C22H21ClN4O5. The van der Waals surface area contributed by atoms with Crippen LogP contribution in [0.3, 0.4) is 0 Å². The number of anilines is 1. The SMILES string of the molecule is N#CC1(NC(=O)COC(=O)c2cc([N+](=O)[O-])ccc2NCc2ccccc2Cl)CCCC1. The number of ether oxygens (including phenoxy) is 1. The fraction of sp³-hybridized carbons (Fsp3) is 0.318. The van der Waals surface area contributed by atoms with E-state index in [1.807, 2.05) is 6.07 Å². The molecule has 0 spiro atoms. The van der Waals surface area contributed by atoms with Crippen molar-refractivity contribution in [2.45, 2.75) is 37.8 Å². The molecule has 0 atom stereocenters. The van der Waals surface area contributed by atoms with Crippen LogP contribution in [0.1, 0.15) is 41.6 Å². The Morgan fingerprint density at radius 3 is 2.59 bits per heavy atom. The van der Waals surface area contributed by atoms with Gasteiger partial charge >= 0.3 is 5.97 Å². The predicted molar refractivity (Wildman–Crippen MR) is 117 cm³/mol.